The van der Waals surface area contributed by atoms with Crippen LogP contribution in [0.15, 0.2) is 23.1 Å². The molecule has 1 aliphatic rings. The van der Waals surface area contributed by atoms with Crippen molar-refractivity contribution < 1.29 is 17.2 Å². The molecule has 1 aromatic carbocycles. The van der Waals surface area contributed by atoms with Crippen LogP contribution in [0.3, 0.4) is 0 Å². The molecule has 2 atom stereocenters. The van der Waals surface area contributed by atoms with Crippen LogP contribution in [-0.4, -0.2) is 37.9 Å². The van der Waals surface area contributed by atoms with Crippen LogP contribution in [0, 0.1) is 11.6 Å². The quantitative estimate of drug-likeness (QED) is 0.894. The van der Waals surface area contributed by atoms with Crippen molar-refractivity contribution in [3.63, 3.8) is 0 Å². The predicted octanol–water partition coefficient (Wildman–Crippen LogP) is 1.34. The Bertz CT molecular complexity index is 557. The molecule has 1 saturated heterocycles. The van der Waals surface area contributed by atoms with E-state index < -0.39 is 21.7 Å². The Morgan fingerprint density at radius 2 is 1.79 bits per heavy atom. The van der Waals surface area contributed by atoms with Gasteiger partial charge >= 0.3 is 0 Å². The number of rotatable bonds is 2. The summed E-state index contributed by atoms with van der Waals surface area (Å²) < 4.78 is 52.4. The molecule has 0 aromatic heterocycles. The van der Waals surface area contributed by atoms with Crippen LogP contribution in [0.25, 0.3) is 0 Å². The lowest BCUT2D eigenvalue weighted by molar-refractivity contribution is 0.244. The van der Waals surface area contributed by atoms with Gasteiger partial charge in [0.1, 0.15) is 11.6 Å². The molecule has 0 spiro atoms. The fraction of sp³-hybridized carbons (Fsp3) is 0.500. The number of piperazine rings is 1. The second kappa shape index (κ2) is 5.15. The van der Waals surface area contributed by atoms with Crippen LogP contribution in [0.1, 0.15) is 13.8 Å². The van der Waals surface area contributed by atoms with Crippen LogP contribution >= 0.6 is 0 Å². The monoisotopic (exact) mass is 290 g/mol. The zero-order valence-corrected chi connectivity index (χ0v) is 11.5. The zero-order chi connectivity index (χ0) is 14.2. The Hall–Kier alpha value is -1.05. The Balaban J connectivity index is 2.40. The van der Waals surface area contributed by atoms with Gasteiger partial charge in [-0.15, -0.1) is 0 Å². The van der Waals surface area contributed by atoms with Gasteiger partial charge in [0.2, 0.25) is 10.0 Å². The molecule has 1 heterocycles. The minimum Gasteiger partial charge on any atom is -0.311 e. The average molecular weight is 290 g/mol. The normalized spacial score (nSPS) is 25.5. The van der Waals surface area contributed by atoms with Crippen LogP contribution in [-0.2, 0) is 10.0 Å². The van der Waals surface area contributed by atoms with E-state index in [0.717, 1.165) is 12.1 Å². The van der Waals surface area contributed by atoms with Crippen molar-refractivity contribution in [1.29, 1.82) is 0 Å². The molecule has 4 nitrogen and oxygen atoms in total. The Kier molecular flexibility index (Phi) is 3.89. The topological polar surface area (TPSA) is 49.4 Å². The summed E-state index contributed by atoms with van der Waals surface area (Å²) in [6.45, 7) is 4.41. The summed E-state index contributed by atoms with van der Waals surface area (Å²) in [5, 5.41) is 3.15. The predicted molar refractivity (Wildman–Crippen MR) is 67.2 cm³/mol. The van der Waals surface area contributed by atoms with Crippen LogP contribution in [0.4, 0.5) is 8.78 Å². The summed E-state index contributed by atoms with van der Waals surface area (Å²) in [6, 6.07) is 2.09. The number of hydrogen-bond acceptors (Lipinski definition) is 3. The Morgan fingerprint density at radius 3 is 2.37 bits per heavy atom. The maximum absolute atomic E-state index is 13.2. The van der Waals surface area contributed by atoms with Crippen molar-refractivity contribution in [2.45, 2.75) is 30.8 Å². The SMILES string of the molecule is CC1CN(S(=O)(=O)c2cc(F)cc(F)c2)C(C)CN1. The first-order chi connectivity index (χ1) is 8.80. The Labute approximate surface area is 111 Å². The van der Waals surface area contributed by atoms with Gasteiger partial charge in [-0.25, -0.2) is 17.2 Å². The van der Waals surface area contributed by atoms with Crippen molar-refractivity contribution in [3.8, 4) is 0 Å². The number of nitrogens with one attached hydrogen (secondary N) is 1. The third-order valence-electron chi connectivity index (χ3n) is 3.15. The molecule has 0 bridgehead atoms. The minimum absolute atomic E-state index is 0.00406. The molecule has 2 unspecified atom stereocenters. The zero-order valence-electron chi connectivity index (χ0n) is 10.7. The van der Waals surface area contributed by atoms with E-state index in [1.165, 1.54) is 4.31 Å². The standard InChI is InChI=1S/C12H16F2N2O2S/c1-8-7-16(9(2)6-15-8)19(17,18)12-4-10(13)3-11(14)5-12/h3-5,8-9,15H,6-7H2,1-2H3. The van der Waals surface area contributed by atoms with E-state index in [9.17, 15) is 17.2 Å². The lowest BCUT2D eigenvalue weighted by atomic mass is 10.2. The number of hydrogen-bond donors (Lipinski definition) is 1. The first-order valence-corrected chi connectivity index (χ1v) is 7.46. The third kappa shape index (κ3) is 2.93. The molecule has 2 rings (SSSR count). The first kappa shape index (κ1) is 14.4. The van der Waals surface area contributed by atoms with Gasteiger partial charge < -0.3 is 5.32 Å². The van der Waals surface area contributed by atoms with Gasteiger partial charge in [-0.05, 0) is 26.0 Å². The van der Waals surface area contributed by atoms with Crippen molar-refractivity contribution in [1.82, 2.24) is 9.62 Å². The van der Waals surface area contributed by atoms with Crippen molar-refractivity contribution in [3.05, 3.63) is 29.8 Å². The summed E-state index contributed by atoms with van der Waals surface area (Å²) in [4.78, 5) is -0.342. The smallest absolute Gasteiger partial charge is 0.243 e. The molecule has 106 valence electrons. The molecular formula is C12H16F2N2O2S. The van der Waals surface area contributed by atoms with Gasteiger partial charge in [0.25, 0.3) is 0 Å². The van der Waals surface area contributed by atoms with E-state index in [1.54, 1.807) is 6.92 Å². The maximum atomic E-state index is 13.2. The summed E-state index contributed by atoms with van der Waals surface area (Å²) in [7, 11) is -3.88. The molecule has 1 N–H and O–H groups in total. The molecule has 0 aliphatic carbocycles. The fourth-order valence-electron chi connectivity index (χ4n) is 2.14. The van der Waals surface area contributed by atoms with Crippen LogP contribution in [0.5, 0.6) is 0 Å². The number of sulfonamides is 1. The van der Waals surface area contributed by atoms with Gasteiger partial charge in [0.15, 0.2) is 0 Å². The lowest BCUT2D eigenvalue weighted by Gasteiger charge is -2.36. The lowest BCUT2D eigenvalue weighted by Crippen LogP contribution is -2.56. The van der Waals surface area contributed by atoms with E-state index in [4.69, 9.17) is 0 Å². The van der Waals surface area contributed by atoms with E-state index in [0.29, 0.717) is 12.6 Å². The fourth-order valence-corrected chi connectivity index (χ4v) is 3.90. The number of nitrogens with zero attached hydrogens (tertiary/aromatic N) is 1. The van der Waals surface area contributed by atoms with Gasteiger partial charge in [0.05, 0.1) is 4.90 Å². The van der Waals surface area contributed by atoms with Crippen molar-refractivity contribution in [2.24, 2.45) is 0 Å². The largest absolute Gasteiger partial charge is 0.311 e. The van der Waals surface area contributed by atoms with E-state index >= 15 is 0 Å². The summed E-state index contributed by atoms with van der Waals surface area (Å²) in [5.41, 5.74) is 0. The van der Waals surface area contributed by atoms with Gasteiger partial charge in [-0.2, -0.15) is 4.31 Å². The minimum atomic E-state index is -3.88. The molecule has 1 aliphatic heterocycles. The van der Waals surface area contributed by atoms with Gasteiger partial charge in [-0.1, -0.05) is 0 Å². The third-order valence-corrected chi connectivity index (χ3v) is 5.11. The summed E-state index contributed by atoms with van der Waals surface area (Å²) in [5.74, 6) is -1.79. The van der Waals surface area contributed by atoms with E-state index in [1.807, 2.05) is 6.92 Å². The second-order valence-electron chi connectivity index (χ2n) is 4.84. The highest BCUT2D eigenvalue weighted by Gasteiger charge is 2.33. The molecule has 0 amide bonds. The molecular weight excluding hydrogens is 274 g/mol. The summed E-state index contributed by atoms with van der Waals surface area (Å²) >= 11 is 0. The highest BCUT2D eigenvalue weighted by atomic mass is 32.2. The van der Waals surface area contributed by atoms with Crippen LogP contribution < -0.4 is 5.32 Å². The molecule has 1 aromatic rings. The van der Waals surface area contributed by atoms with E-state index in [-0.39, 0.29) is 23.5 Å². The Morgan fingerprint density at radius 1 is 1.21 bits per heavy atom. The maximum Gasteiger partial charge on any atom is 0.243 e. The van der Waals surface area contributed by atoms with E-state index in [2.05, 4.69) is 5.32 Å². The first-order valence-electron chi connectivity index (χ1n) is 6.02. The van der Waals surface area contributed by atoms with Crippen molar-refractivity contribution >= 4 is 10.0 Å². The highest BCUT2D eigenvalue weighted by molar-refractivity contribution is 7.89. The van der Waals surface area contributed by atoms with Gasteiger partial charge in [-0.3, -0.25) is 0 Å². The molecule has 1 fully saturated rings. The highest BCUT2D eigenvalue weighted by Crippen LogP contribution is 2.22. The van der Waals surface area contributed by atoms with Crippen LogP contribution in [0.2, 0.25) is 0 Å². The molecule has 0 radical (unpaired) electrons. The molecule has 19 heavy (non-hydrogen) atoms. The second-order valence-corrected chi connectivity index (χ2v) is 6.73. The number of benzene rings is 1. The molecule has 0 saturated carbocycles. The van der Waals surface area contributed by atoms with Crippen molar-refractivity contribution in [2.75, 3.05) is 13.1 Å². The van der Waals surface area contributed by atoms with Gasteiger partial charge in [0, 0.05) is 31.2 Å². The number of halogens is 2. The molecule has 7 heteroatoms. The average Bonchev–Trinajstić information content (AvgIpc) is 2.31. The summed E-state index contributed by atoms with van der Waals surface area (Å²) in [6.07, 6.45) is 0.